The Kier molecular flexibility index (Phi) is 5.86. The SMILES string of the molecule is NOC(N)CCCCO. The first kappa shape index (κ1) is 8.84. The van der Waals surface area contributed by atoms with Gasteiger partial charge in [0.2, 0.25) is 0 Å². The zero-order valence-electron chi connectivity index (χ0n) is 5.42. The van der Waals surface area contributed by atoms with Crippen molar-refractivity contribution in [2.45, 2.75) is 25.5 Å². The summed E-state index contributed by atoms with van der Waals surface area (Å²) in [6.07, 6.45) is 1.94. The van der Waals surface area contributed by atoms with Crippen molar-refractivity contribution in [2.75, 3.05) is 6.61 Å². The van der Waals surface area contributed by atoms with Gasteiger partial charge in [-0.05, 0) is 19.3 Å². The molecule has 0 aromatic heterocycles. The Hall–Kier alpha value is -0.160. The molecule has 0 aliphatic carbocycles. The van der Waals surface area contributed by atoms with Crippen LogP contribution >= 0.6 is 0 Å². The van der Waals surface area contributed by atoms with Crippen LogP contribution in [0.25, 0.3) is 0 Å². The second-order valence-electron chi connectivity index (χ2n) is 1.89. The van der Waals surface area contributed by atoms with Crippen LogP contribution in [0.4, 0.5) is 0 Å². The van der Waals surface area contributed by atoms with E-state index in [2.05, 4.69) is 4.84 Å². The average molecular weight is 134 g/mol. The van der Waals surface area contributed by atoms with Crippen molar-refractivity contribution in [3.05, 3.63) is 0 Å². The van der Waals surface area contributed by atoms with Crippen molar-refractivity contribution in [1.82, 2.24) is 0 Å². The van der Waals surface area contributed by atoms with Crippen molar-refractivity contribution >= 4 is 0 Å². The zero-order valence-corrected chi connectivity index (χ0v) is 5.42. The lowest BCUT2D eigenvalue weighted by Crippen LogP contribution is -2.26. The van der Waals surface area contributed by atoms with E-state index in [4.69, 9.17) is 16.7 Å². The Morgan fingerprint density at radius 2 is 2.11 bits per heavy atom. The van der Waals surface area contributed by atoms with Gasteiger partial charge in [-0.15, -0.1) is 0 Å². The van der Waals surface area contributed by atoms with E-state index in [1.54, 1.807) is 0 Å². The fraction of sp³-hybridized carbons (Fsp3) is 1.00. The second-order valence-corrected chi connectivity index (χ2v) is 1.89. The molecule has 4 heteroatoms. The molecule has 0 rings (SSSR count). The molecule has 56 valence electrons. The van der Waals surface area contributed by atoms with Crippen molar-refractivity contribution in [3.63, 3.8) is 0 Å². The van der Waals surface area contributed by atoms with Crippen LogP contribution in [0, 0.1) is 0 Å². The molecule has 0 spiro atoms. The van der Waals surface area contributed by atoms with Crippen molar-refractivity contribution in [2.24, 2.45) is 11.6 Å². The summed E-state index contributed by atoms with van der Waals surface area (Å²) in [6, 6.07) is 0. The summed E-state index contributed by atoms with van der Waals surface area (Å²) in [6.45, 7) is 0.206. The van der Waals surface area contributed by atoms with Crippen LogP contribution in [0.15, 0.2) is 0 Å². The molecule has 1 unspecified atom stereocenters. The number of aliphatic hydroxyl groups excluding tert-OH is 1. The standard InChI is InChI=1S/C5H14N2O2/c6-5(9-7)3-1-2-4-8/h5,8H,1-4,6-7H2. The Morgan fingerprint density at radius 1 is 1.44 bits per heavy atom. The molecule has 0 radical (unpaired) electrons. The van der Waals surface area contributed by atoms with Crippen LogP contribution in [0.5, 0.6) is 0 Å². The normalized spacial score (nSPS) is 13.7. The van der Waals surface area contributed by atoms with E-state index in [0.717, 1.165) is 12.8 Å². The van der Waals surface area contributed by atoms with E-state index in [1.165, 1.54) is 0 Å². The Bertz CT molecular complexity index is 60.9. The molecule has 0 aliphatic rings. The van der Waals surface area contributed by atoms with E-state index in [9.17, 15) is 0 Å². The Balaban J connectivity index is 2.88. The third-order valence-electron chi connectivity index (χ3n) is 1.07. The number of aliphatic hydroxyl groups is 1. The van der Waals surface area contributed by atoms with Gasteiger partial charge in [0, 0.05) is 6.61 Å². The molecule has 1 atom stereocenters. The van der Waals surface area contributed by atoms with Gasteiger partial charge in [-0.2, -0.15) is 0 Å². The average Bonchev–Trinajstić information content (AvgIpc) is 1.89. The summed E-state index contributed by atoms with van der Waals surface area (Å²) in [5.74, 6) is 4.77. The number of rotatable bonds is 5. The van der Waals surface area contributed by atoms with E-state index >= 15 is 0 Å². The maximum absolute atomic E-state index is 8.34. The highest BCUT2D eigenvalue weighted by molar-refractivity contribution is 4.46. The molecule has 9 heavy (non-hydrogen) atoms. The fourth-order valence-electron chi connectivity index (χ4n) is 0.525. The summed E-state index contributed by atoms with van der Waals surface area (Å²) >= 11 is 0. The quantitative estimate of drug-likeness (QED) is 0.264. The van der Waals surface area contributed by atoms with Crippen molar-refractivity contribution in [3.8, 4) is 0 Å². The first-order valence-electron chi connectivity index (χ1n) is 3.03. The van der Waals surface area contributed by atoms with Gasteiger partial charge in [0.05, 0.1) is 0 Å². The van der Waals surface area contributed by atoms with Gasteiger partial charge in [0.1, 0.15) is 6.23 Å². The molecular weight excluding hydrogens is 120 g/mol. The summed E-state index contributed by atoms with van der Waals surface area (Å²) in [7, 11) is 0. The number of hydrogen-bond donors (Lipinski definition) is 3. The summed E-state index contributed by atoms with van der Waals surface area (Å²) < 4.78 is 0. The Labute approximate surface area is 54.7 Å². The molecule has 0 amide bonds. The van der Waals surface area contributed by atoms with Gasteiger partial charge in [-0.25, -0.2) is 5.90 Å². The van der Waals surface area contributed by atoms with Gasteiger partial charge >= 0.3 is 0 Å². The maximum Gasteiger partial charge on any atom is 0.126 e. The monoisotopic (exact) mass is 134 g/mol. The largest absolute Gasteiger partial charge is 0.396 e. The van der Waals surface area contributed by atoms with Gasteiger partial charge < -0.3 is 10.8 Å². The first-order chi connectivity index (χ1) is 4.31. The molecule has 0 fully saturated rings. The summed E-state index contributed by atoms with van der Waals surface area (Å²) in [5, 5.41) is 8.34. The summed E-state index contributed by atoms with van der Waals surface area (Å²) in [5.41, 5.74) is 5.28. The topological polar surface area (TPSA) is 81.5 Å². The molecular formula is C5H14N2O2. The van der Waals surface area contributed by atoms with Crippen LogP contribution < -0.4 is 11.6 Å². The highest BCUT2D eigenvalue weighted by Gasteiger charge is 1.97. The Morgan fingerprint density at radius 3 is 2.56 bits per heavy atom. The van der Waals surface area contributed by atoms with Crippen LogP contribution in [-0.4, -0.2) is 17.9 Å². The maximum atomic E-state index is 8.34. The fourth-order valence-corrected chi connectivity index (χ4v) is 0.525. The predicted molar refractivity (Wildman–Crippen MR) is 34.2 cm³/mol. The first-order valence-corrected chi connectivity index (χ1v) is 3.03. The summed E-state index contributed by atoms with van der Waals surface area (Å²) in [4.78, 5) is 4.29. The van der Waals surface area contributed by atoms with Gasteiger partial charge in [0.25, 0.3) is 0 Å². The molecule has 0 aliphatic heterocycles. The number of unbranched alkanes of at least 4 members (excludes halogenated alkanes) is 1. The van der Waals surface area contributed by atoms with Crippen LogP contribution in [-0.2, 0) is 4.84 Å². The van der Waals surface area contributed by atoms with Gasteiger partial charge in [0.15, 0.2) is 0 Å². The number of nitrogens with two attached hydrogens (primary N) is 2. The zero-order chi connectivity index (χ0) is 7.11. The molecule has 0 bridgehead atoms. The second kappa shape index (κ2) is 5.97. The molecule has 0 saturated heterocycles. The van der Waals surface area contributed by atoms with Gasteiger partial charge in [-0.3, -0.25) is 4.84 Å². The van der Waals surface area contributed by atoms with E-state index in [1.807, 2.05) is 0 Å². The van der Waals surface area contributed by atoms with Gasteiger partial charge in [-0.1, -0.05) is 0 Å². The van der Waals surface area contributed by atoms with Crippen molar-refractivity contribution < 1.29 is 9.94 Å². The lowest BCUT2D eigenvalue weighted by atomic mass is 10.2. The highest BCUT2D eigenvalue weighted by Crippen LogP contribution is 1.96. The molecule has 0 aromatic carbocycles. The van der Waals surface area contributed by atoms with Crippen molar-refractivity contribution in [1.29, 1.82) is 0 Å². The molecule has 0 saturated carbocycles. The smallest absolute Gasteiger partial charge is 0.126 e. The highest BCUT2D eigenvalue weighted by atomic mass is 16.6. The molecule has 4 nitrogen and oxygen atoms in total. The lowest BCUT2D eigenvalue weighted by Gasteiger charge is -2.05. The number of hydrogen-bond acceptors (Lipinski definition) is 4. The van der Waals surface area contributed by atoms with Crippen LogP contribution in [0.2, 0.25) is 0 Å². The van der Waals surface area contributed by atoms with Crippen LogP contribution in [0.3, 0.4) is 0 Å². The van der Waals surface area contributed by atoms with E-state index < -0.39 is 0 Å². The minimum absolute atomic E-state index is 0.206. The van der Waals surface area contributed by atoms with E-state index in [0.29, 0.717) is 6.42 Å². The molecule has 5 N–H and O–H groups in total. The predicted octanol–water partition coefficient (Wildman–Crippen LogP) is -0.676. The minimum Gasteiger partial charge on any atom is -0.396 e. The third kappa shape index (κ3) is 5.72. The third-order valence-corrected chi connectivity index (χ3v) is 1.07. The van der Waals surface area contributed by atoms with E-state index in [-0.39, 0.29) is 12.8 Å². The van der Waals surface area contributed by atoms with Crippen LogP contribution in [0.1, 0.15) is 19.3 Å². The molecule has 0 heterocycles. The minimum atomic E-state index is -0.378. The molecule has 0 aromatic rings. The lowest BCUT2D eigenvalue weighted by molar-refractivity contribution is 0.0494.